The van der Waals surface area contributed by atoms with Crippen LogP contribution in [0.25, 0.3) is 10.2 Å². The lowest BCUT2D eigenvalue weighted by molar-refractivity contribution is -0.133. The van der Waals surface area contributed by atoms with Gasteiger partial charge in [0.05, 0.1) is 10.2 Å². The molecule has 3 aromatic rings. The summed E-state index contributed by atoms with van der Waals surface area (Å²) in [5, 5.41) is 1.65. The molecule has 0 atom stereocenters. The fourth-order valence-electron chi connectivity index (χ4n) is 2.94. The zero-order chi connectivity index (χ0) is 18.8. The minimum Gasteiger partial charge on any atom is -0.484 e. The summed E-state index contributed by atoms with van der Waals surface area (Å²) in [6.45, 7) is 2.92. The van der Waals surface area contributed by atoms with Crippen molar-refractivity contribution in [2.24, 2.45) is 0 Å². The Bertz CT molecular complexity index is 955. The van der Waals surface area contributed by atoms with Crippen molar-refractivity contribution in [3.05, 3.63) is 52.0 Å². The van der Waals surface area contributed by atoms with Crippen LogP contribution in [0.4, 0.5) is 5.13 Å². The van der Waals surface area contributed by atoms with Crippen molar-refractivity contribution in [3.8, 4) is 5.75 Å². The van der Waals surface area contributed by atoms with Gasteiger partial charge in [-0.05, 0) is 42.5 Å². The number of carbonyl (C=O) groups excluding carboxylic acids is 1. The summed E-state index contributed by atoms with van der Waals surface area (Å²) >= 11 is 11.0. The largest absolute Gasteiger partial charge is 0.484 e. The molecule has 1 aliphatic heterocycles. The monoisotopic (exact) mass is 465 g/mol. The van der Waals surface area contributed by atoms with Gasteiger partial charge in [0.2, 0.25) is 0 Å². The average Bonchev–Trinajstić information content (AvgIpc) is 3.10. The second-order valence-electron chi connectivity index (χ2n) is 6.22. The number of benzene rings is 2. The average molecular weight is 467 g/mol. The van der Waals surface area contributed by atoms with Gasteiger partial charge in [-0.25, -0.2) is 4.98 Å². The van der Waals surface area contributed by atoms with Crippen molar-refractivity contribution in [1.82, 2.24) is 9.88 Å². The third-order valence-electron chi connectivity index (χ3n) is 4.42. The number of hydrogen-bond acceptors (Lipinski definition) is 5. The molecule has 2 heterocycles. The molecule has 27 heavy (non-hydrogen) atoms. The van der Waals surface area contributed by atoms with Crippen LogP contribution in [0, 0.1) is 0 Å². The molecule has 1 amide bonds. The maximum Gasteiger partial charge on any atom is 0.260 e. The molecule has 0 unspecified atom stereocenters. The number of nitrogens with zero attached hydrogens (tertiary/aromatic N) is 3. The summed E-state index contributed by atoms with van der Waals surface area (Å²) in [6.07, 6.45) is 0. The van der Waals surface area contributed by atoms with Gasteiger partial charge in [0.1, 0.15) is 5.75 Å². The summed E-state index contributed by atoms with van der Waals surface area (Å²) in [5.41, 5.74) is 1.01. The molecule has 0 N–H and O–H groups in total. The lowest BCUT2D eigenvalue weighted by Gasteiger charge is -2.34. The highest BCUT2D eigenvalue weighted by Gasteiger charge is 2.23. The predicted molar refractivity (Wildman–Crippen MR) is 113 cm³/mol. The fraction of sp³-hybridized carbons (Fsp3) is 0.263. The van der Waals surface area contributed by atoms with E-state index in [0.717, 1.165) is 32.9 Å². The highest BCUT2D eigenvalue weighted by atomic mass is 79.9. The van der Waals surface area contributed by atoms with E-state index in [0.29, 0.717) is 23.9 Å². The lowest BCUT2D eigenvalue weighted by Crippen LogP contribution is -2.50. The number of carbonyl (C=O) groups is 1. The van der Waals surface area contributed by atoms with E-state index in [4.69, 9.17) is 21.3 Å². The Balaban J connectivity index is 1.32. The number of piperazine rings is 1. The first-order chi connectivity index (χ1) is 13.1. The van der Waals surface area contributed by atoms with E-state index in [2.05, 4.69) is 26.9 Å². The molecule has 0 saturated carbocycles. The van der Waals surface area contributed by atoms with Gasteiger partial charge in [-0.15, -0.1) is 0 Å². The Morgan fingerprint density at radius 1 is 1.15 bits per heavy atom. The Kier molecular flexibility index (Phi) is 5.52. The normalized spacial score (nSPS) is 14.6. The number of anilines is 1. The quantitative estimate of drug-likeness (QED) is 0.570. The summed E-state index contributed by atoms with van der Waals surface area (Å²) in [6, 6.07) is 13.1. The first kappa shape index (κ1) is 18.5. The Labute approximate surface area is 174 Å². The number of ether oxygens (including phenoxy) is 1. The second kappa shape index (κ2) is 8.04. The Morgan fingerprint density at radius 2 is 1.89 bits per heavy atom. The molecule has 4 rings (SSSR count). The number of rotatable bonds is 4. The van der Waals surface area contributed by atoms with Gasteiger partial charge in [-0.2, -0.15) is 0 Å². The molecule has 1 aliphatic rings. The standard InChI is InChI=1S/C19H17BrClN3O2S/c20-13-1-6-16-17(11-13)27-19(22-16)24-9-7-23(8-10-24)18(25)12-26-15-4-2-14(21)3-5-15/h1-6,11H,7-10,12H2. The molecule has 1 aromatic heterocycles. The maximum absolute atomic E-state index is 12.4. The van der Waals surface area contributed by atoms with Crippen LogP contribution in [-0.2, 0) is 4.79 Å². The van der Waals surface area contributed by atoms with Gasteiger partial charge in [0.25, 0.3) is 5.91 Å². The summed E-state index contributed by atoms with van der Waals surface area (Å²) in [5.74, 6) is 0.643. The molecule has 8 heteroatoms. The van der Waals surface area contributed by atoms with Crippen LogP contribution in [0.1, 0.15) is 0 Å². The van der Waals surface area contributed by atoms with Crippen molar-refractivity contribution in [1.29, 1.82) is 0 Å². The van der Waals surface area contributed by atoms with Crippen molar-refractivity contribution in [2.75, 3.05) is 37.7 Å². The highest BCUT2D eigenvalue weighted by molar-refractivity contribution is 9.10. The minimum absolute atomic E-state index is 0.00201. The molecule has 0 radical (unpaired) electrons. The van der Waals surface area contributed by atoms with Gasteiger partial charge >= 0.3 is 0 Å². The number of aromatic nitrogens is 1. The van der Waals surface area contributed by atoms with Gasteiger partial charge in [0, 0.05) is 35.7 Å². The van der Waals surface area contributed by atoms with Crippen molar-refractivity contribution >= 4 is 60.1 Å². The first-order valence-corrected chi connectivity index (χ1v) is 10.5. The van der Waals surface area contributed by atoms with Crippen LogP contribution < -0.4 is 9.64 Å². The Morgan fingerprint density at radius 3 is 2.63 bits per heavy atom. The van der Waals surface area contributed by atoms with E-state index in [-0.39, 0.29) is 12.5 Å². The molecular formula is C19H17BrClN3O2S. The van der Waals surface area contributed by atoms with Gasteiger partial charge in [-0.3, -0.25) is 4.79 Å². The van der Waals surface area contributed by atoms with Gasteiger partial charge in [-0.1, -0.05) is 38.9 Å². The zero-order valence-electron chi connectivity index (χ0n) is 14.4. The summed E-state index contributed by atoms with van der Waals surface area (Å²) in [7, 11) is 0. The van der Waals surface area contributed by atoms with Crippen molar-refractivity contribution in [3.63, 3.8) is 0 Å². The highest BCUT2D eigenvalue weighted by Crippen LogP contribution is 2.31. The van der Waals surface area contributed by atoms with Crippen molar-refractivity contribution < 1.29 is 9.53 Å². The van der Waals surface area contributed by atoms with Crippen LogP contribution in [0.2, 0.25) is 5.02 Å². The van der Waals surface area contributed by atoms with Crippen molar-refractivity contribution in [2.45, 2.75) is 0 Å². The second-order valence-corrected chi connectivity index (χ2v) is 8.58. The van der Waals surface area contributed by atoms with Crippen LogP contribution in [0.3, 0.4) is 0 Å². The molecule has 0 spiro atoms. The molecule has 140 valence electrons. The molecule has 0 bridgehead atoms. The van der Waals surface area contributed by atoms with E-state index >= 15 is 0 Å². The van der Waals surface area contributed by atoms with Gasteiger partial charge < -0.3 is 14.5 Å². The molecular weight excluding hydrogens is 450 g/mol. The van der Waals surface area contributed by atoms with Crippen LogP contribution in [-0.4, -0.2) is 48.6 Å². The third-order valence-corrected chi connectivity index (χ3v) is 6.24. The molecule has 5 nitrogen and oxygen atoms in total. The molecule has 0 aliphatic carbocycles. The SMILES string of the molecule is O=C(COc1ccc(Cl)cc1)N1CCN(c2nc3ccc(Br)cc3s2)CC1. The number of hydrogen-bond donors (Lipinski definition) is 0. The van der Waals surface area contributed by atoms with Gasteiger partial charge in [0.15, 0.2) is 11.7 Å². The van der Waals surface area contributed by atoms with E-state index in [1.54, 1.807) is 35.6 Å². The van der Waals surface area contributed by atoms with E-state index in [9.17, 15) is 4.79 Å². The van der Waals surface area contributed by atoms with Crippen LogP contribution in [0.15, 0.2) is 46.9 Å². The lowest BCUT2D eigenvalue weighted by atomic mass is 10.3. The smallest absolute Gasteiger partial charge is 0.260 e. The first-order valence-electron chi connectivity index (χ1n) is 8.56. The number of thiazole rings is 1. The Hall–Kier alpha value is -1.83. The van der Waals surface area contributed by atoms with Crippen LogP contribution >= 0.6 is 38.9 Å². The van der Waals surface area contributed by atoms with E-state index in [1.807, 2.05) is 17.0 Å². The van der Waals surface area contributed by atoms with E-state index in [1.165, 1.54) is 0 Å². The fourth-order valence-corrected chi connectivity index (χ4v) is 4.63. The number of halogens is 2. The topological polar surface area (TPSA) is 45.7 Å². The molecule has 2 aromatic carbocycles. The number of fused-ring (bicyclic) bond motifs is 1. The third kappa shape index (κ3) is 4.36. The minimum atomic E-state index is -0.00201. The summed E-state index contributed by atoms with van der Waals surface area (Å²) in [4.78, 5) is 21.2. The molecule has 1 saturated heterocycles. The zero-order valence-corrected chi connectivity index (χ0v) is 17.6. The summed E-state index contributed by atoms with van der Waals surface area (Å²) < 4.78 is 7.78. The number of amides is 1. The van der Waals surface area contributed by atoms with Crippen LogP contribution in [0.5, 0.6) is 5.75 Å². The van der Waals surface area contributed by atoms with E-state index < -0.39 is 0 Å². The predicted octanol–water partition coefficient (Wildman–Crippen LogP) is 4.44. The maximum atomic E-state index is 12.4. The molecule has 1 fully saturated rings.